The summed E-state index contributed by atoms with van der Waals surface area (Å²) in [7, 11) is -3.51. The predicted octanol–water partition coefficient (Wildman–Crippen LogP) is 4.71. The summed E-state index contributed by atoms with van der Waals surface area (Å²) in [4.78, 5) is 0. The minimum atomic E-state index is -3.51. The highest BCUT2D eigenvalue weighted by Gasteiger charge is 2.24. The lowest BCUT2D eigenvalue weighted by atomic mass is 9.84. The molecule has 0 aliphatic rings. The van der Waals surface area contributed by atoms with Crippen LogP contribution in [0, 0.1) is 5.92 Å². The number of hydrogen-bond donors (Lipinski definition) is 0. The van der Waals surface area contributed by atoms with Gasteiger partial charge in [0, 0.05) is 6.04 Å². The molecule has 0 fully saturated rings. The van der Waals surface area contributed by atoms with E-state index in [9.17, 15) is 8.22 Å². The summed E-state index contributed by atoms with van der Waals surface area (Å²) in [6, 6.07) is 8.15. The van der Waals surface area contributed by atoms with Crippen molar-refractivity contribution >= 4 is 9.46 Å². The molecule has 0 nitrogen and oxygen atoms in total. The average molecular weight is 256 g/mol. The Morgan fingerprint density at radius 2 is 1.53 bits per heavy atom. The fourth-order valence-electron chi connectivity index (χ4n) is 2.32. The largest absolute Gasteiger partial charge is 0.412 e. The first-order valence-electron chi connectivity index (χ1n) is 6.30. The van der Waals surface area contributed by atoms with Crippen molar-refractivity contribution in [3.63, 3.8) is 0 Å². The Morgan fingerprint density at radius 1 is 1.00 bits per heavy atom. The molecule has 0 radical (unpaired) electrons. The van der Waals surface area contributed by atoms with Crippen molar-refractivity contribution in [2.45, 2.75) is 45.6 Å². The third-order valence-corrected chi connectivity index (χ3v) is 4.12. The van der Waals surface area contributed by atoms with Crippen molar-refractivity contribution in [3.05, 3.63) is 35.4 Å². The van der Waals surface area contributed by atoms with Gasteiger partial charge in [0.05, 0.1) is 0 Å². The Bertz CT molecular complexity index is 348. The maximum absolute atomic E-state index is 12.8. The van der Waals surface area contributed by atoms with Gasteiger partial charge >= 0.3 is 9.46 Å². The van der Waals surface area contributed by atoms with Gasteiger partial charge in [-0.25, -0.2) is 0 Å². The van der Waals surface area contributed by atoms with Gasteiger partial charge in [0.1, 0.15) is 0 Å². The van der Waals surface area contributed by atoms with Gasteiger partial charge < -0.3 is 0 Å². The zero-order valence-corrected chi connectivity index (χ0v) is 12.2. The Labute approximate surface area is 105 Å². The fourth-order valence-corrected chi connectivity index (χ4v) is 3.51. The normalized spacial score (nSPS) is 13.7. The van der Waals surface area contributed by atoms with Crippen molar-refractivity contribution in [1.29, 1.82) is 0 Å². The third-order valence-electron chi connectivity index (χ3n) is 3.25. The van der Waals surface area contributed by atoms with E-state index in [1.54, 1.807) is 0 Å². The smallest absolute Gasteiger partial charge is 0.275 e. The second kappa shape index (κ2) is 6.29. The lowest BCUT2D eigenvalue weighted by molar-refractivity contribution is 0.501. The minimum Gasteiger partial charge on any atom is -0.275 e. The predicted molar refractivity (Wildman–Crippen MR) is 72.3 cm³/mol. The molecule has 0 aliphatic heterocycles. The summed E-state index contributed by atoms with van der Waals surface area (Å²) in [5.41, 5.74) is 2.35. The van der Waals surface area contributed by atoms with E-state index in [4.69, 9.17) is 0 Å². The van der Waals surface area contributed by atoms with Gasteiger partial charge in [0.2, 0.25) is 0 Å². The highest BCUT2D eigenvalue weighted by Crippen LogP contribution is 2.35. The van der Waals surface area contributed by atoms with E-state index in [0.717, 1.165) is 5.56 Å². The standard InChI is InChI=1S/C14H22F2Si/c1-10(2)12-7-5-6-8-13(12)14(11(3)4)9-17(15)16/h5-8,10-11,14,17H,9H2,1-4H3. The lowest BCUT2D eigenvalue weighted by Crippen LogP contribution is -2.14. The first kappa shape index (κ1) is 14.4. The molecular weight excluding hydrogens is 234 g/mol. The Morgan fingerprint density at radius 3 is 1.94 bits per heavy atom. The fraction of sp³-hybridized carbons (Fsp3) is 0.571. The van der Waals surface area contributed by atoms with Crippen LogP contribution < -0.4 is 0 Å². The average Bonchev–Trinajstić information content (AvgIpc) is 2.25. The summed E-state index contributed by atoms with van der Waals surface area (Å²) in [6.45, 7) is 8.32. The van der Waals surface area contributed by atoms with Gasteiger partial charge in [-0.15, -0.1) is 0 Å². The van der Waals surface area contributed by atoms with E-state index in [1.807, 2.05) is 32.0 Å². The van der Waals surface area contributed by atoms with Crippen molar-refractivity contribution < 1.29 is 8.22 Å². The molecule has 0 spiro atoms. The molecule has 0 aromatic heterocycles. The van der Waals surface area contributed by atoms with E-state index in [2.05, 4.69) is 19.9 Å². The van der Waals surface area contributed by atoms with Crippen molar-refractivity contribution in [2.24, 2.45) is 5.92 Å². The highest BCUT2D eigenvalue weighted by atomic mass is 28.4. The van der Waals surface area contributed by atoms with Crippen molar-refractivity contribution in [2.75, 3.05) is 0 Å². The van der Waals surface area contributed by atoms with Crippen LogP contribution in [0.2, 0.25) is 6.04 Å². The molecule has 0 aliphatic carbocycles. The molecule has 1 rings (SSSR count). The summed E-state index contributed by atoms with van der Waals surface area (Å²) in [5, 5.41) is 0. The van der Waals surface area contributed by atoms with Crippen LogP contribution in [-0.4, -0.2) is 9.46 Å². The first-order chi connectivity index (χ1) is 7.93. The molecule has 0 N–H and O–H groups in total. The van der Waals surface area contributed by atoms with E-state index < -0.39 is 9.46 Å². The van der Waals surface area contributed by atoms with Crippen LogP contribution in [0.5, 0.6) is 0 Å². The molecule has 0 amide bonds. The maximum atomic E-state index is 12.8. The molecule has 1 atom stereocenters. The topological polar surface area (TPSA) is 0 Å². The molecule has 0 heterocycles. The monoisotopic (exact) mass is 256 g/mol. The first-order valence-corrected chi connectivity index (χ1v) is 7.99. The van der Waals surface area contributed by atoms with Crippen LogP contribution in [0.25, 0.3) is 0 Å². The molecule has 0 bridgehead atoms. The van der Waals surface area contributed by atoms with Crippen LogP contribution in [-0.2, 0) is 0 Å². The van der Waals surface area contributed by atoms with E-state index in [0.29, 0.717) is 5.92 Å². The molecule has 17 heavy (non-hydrogen) atoms. The number of rotatable bonds is 5. The van der Waals surface area contributed by atoms with Gasteiger partial charge in [-0.1, -0.05) is 52.0 Å². The molecular formula is C14H22F2Si. The molecule has 1 aromatic rings. The Balaban J connectivity index is 3.09. The van der Waals surface area contributed by atoms with Crippen LogP contribution >= 0.6 is 0 Å². The zero-order valence-electron chi connectivity index (χ0n) is 11.1. The molecule has 1 aromatic carbocycles. The molecule has 0 saturated carbocycles. The maximum Gasteiger partial charge on any atom is 0.412 e. The van der Waals surface area contributed by atoms with Gasteiger partial charge in [0.25, 0.3) is 0 Å². The van der Waals surface area contributed by atoms with Gasteiger partial charge in [-0.3, -0.25) is 8.22 Å². The van der Waals surface area contributed by atoms with E-state index >= 15 is 0 Å². The number of halogens is 2. The summed E-state index contributed by atoms with van der Waals surface area (Å²) < 4.78 is 25.6. The number of benzene rings is 1. The van der Waals surface area contributed by atoms with Crippen LogP contribution in [0.15, 0.2) is 24.3 Å². The van der Waals surface area contributed by atoms with Crippen molar-refractivity contribution in [1.82, 2.24) is 0 Å². The van der Waals surface area contributed by atoms with E-state index in [-0.39, 0.29) is 17.9 Å². The molecule has 1 unspecified atom stereocenters. The Kier molecular flexibility index (Phi) is 5.31. The SMILES string of the molecule is CC(C)c1ccccc1C(C[SiH](F)F)C(C)C. The summed E-state index contributed by atoms with van der Waals surface area (Å²) in [5.74, 6) is 0.684. The summed E-state index contributed by atoms with van der Waals surface area (Å²) in [6.07, 6.45) is 0. The van der Waals surface area contributed by atoms with Gasteiger partial charge in [0.15, 0.2) is 0 Å². The molecule has 3 heteroatoms. The third kappa shape index (κ3) is 3.91. The highest BCUT2D eigenvalue weighted by molar-refractivity contribution is 6.42. The van der Waals surface area contributed by atoms with Crippen LogP contribution in [0.3, 0.4) is 0 Å². The Hall–Kier alpha value is -0.703. The molecule has 0 saturated heterocycles. The van der Waals surface area contributed by atoms with Crippen molar-refractivity contribution in [3.8, 4) is 0 Å². The minimum absolute atomic E-state index is 0.0141. The van der Waals surface area contributed by atoms with Crippen LogP contribution in [0.4, 0.5) is 8.22 Å². The number of hydrogen-bond acceptors (Lipinski definition) is 0. The molecule has 96 valence electrons. The second-order valence-electron chi connectivity index (χ2n) is 5.26. The second-order valence-corrected chi connectivity index (χ2v) is 6.51. The summed E-state index contributed by atoms with van der Waals surface area (Å²) >= 11 is 0. The van der Waals surface area contributed by atoms with Gasteiger partial charge in [-0.2, -0.15) is 0 Å². The quantitative estimate of drug-likeness (QED) is 0.529. The van der Waals surface area contributed by atoms with Crippen LogP contribution in [0.1, 0.15) is 50.7 Å². The van der Waals surface area contributed by atoms with Gasteiger partial charge in [-0.05, 0) is 28.9 Å². The zero-order chi connectivity index (χ0) is 13.0. The van der Waals surface area contributed by atoms with E-state index in [1.165, 1.54) is 5.56 Å². The lowest BCUT2D eigenvalue weighted by Gasteiger charge is -2.24.